The summed E-state index contributed by atoms with van der Waals surface area (Å²) in [6.07, 6.45) is 0. The minimum atomic E-state index is -0.356. The zero-order valence-electron chi connectivity index (χ0n) is 12.4. The number of nitro groups is 1. The molecule has 21 heavy (non-hydrogen) atoms. The second-order valence-electron chi connectivity index (χ2n) is 4.93. The Labute approximate surface area is 124 Å². The van der Waals surface area contributed by atoms with E-state index in [0.29, 0.717) is 17.9 Å². The summed E-state index contributed by atoms with van der Waals surface area (Å²) in [5.41, 5.74) is 4.12. The largest absolute Gasteiger partial charge is 0.380 e. The predicted octanol–water partition coefficient (Wildman–Crippen LogP) is 4.39. The second-order valence-corrected chi connectivity index (χ2v) is 4.93. The summed E-state index contributed by atoms with van der Waals surface area (Å²) in [6.45, 7) is 6.51. The Hall–Kier alpha value is -2.56. The van der Waals surface area contributed by atoms with Crippen LogP contribution in [0.5, 0.6) is 0 Å². The van der Waals surface area contributed by atoms with Gasteiger partial charge in [0.25, 0.3) is 0 Å². The molecule has 0 atom stereocenters. The van der Waals surface area contributed by atoms with Crippen LogP contribution in [0.2, 0.25) is 0 Å². The van der Waals surface area contributed by atoms with Crippen LogP contribution in [-0.4, -0.2) is 11.5 Å². The van der Waals surface area contributed by atoms with E-state index in [0.717, 1.165) is 16.8 Å². The number of aryl methyl sites for hydroxylation is 2. The second kappa shape index (κ2) is 6.26. The summed E-state index contributed by atoms with van der Waals surface area (Å²) in [4.78, 5) is 11.0. The number of hydrogen-bond acceptors (Lipinski definition) is 4. The van der Waals surface area contributed by atoms with Crippen molar-refractivity contribution in [2.24, 2.45) is 0 Å². The molecule has 0 aromatic heterocycles. The van der Waals surface area contributed by atoms with Crippen molar-refractivity contribution in [1.82, 2.24) is 0 Å². The van der Waals surface area contributed by atoms with Crippen LogP contribution in [0.25, 0.3) is 0 Å². The fraction of sp³-hybridized carbons (Fsp3) is 0.250. The first-order valence-electron chi connectivity index (χ1n) is 6.88. The highest BCUT2D eigenvalue weighted by molar-refractivity contribution is 5.80. The summed E-state index contributed by atoms with van der Waals surface area (Å²) in [5, 5.41) is 17.6. The lowest BCUT2D eigenvalue weighted by Gasteiger charge is -2.13. The molecule has 110 valence electrons. The summed E-state index contributed by atoms with van der Waals surface area (Å²) in [5.74, 6) is 0. The fourth-order valence-electron chi connectivity index (χ4n) is 2.19. The van der Waals surface area contributed by atoms with Crippen molar-refractivity contribution in [1.29, 1.82) is 0 Å². The van der Waals surface area contributed by atoms with E-state index in [-0.39, 0.29) is 10.6 Å². The van der Waals surface area contributed by atoms with Gasteiger partial charge in [0.05, 0.1) is 4.92 Å². The molecule has 2 aromatic carbocycles. The minimum absolute atomic E-state index is 0.0697. The molecule has 0 amide bonds. The van der Waals surface area contributed by atoms with E-state index in [1.165, 1.54) is 0 Å². The third-order valence-electron chi connectivity index (χ3n) is 3.25. The molecule has 0 spiro atoms. The van der Waals surface area contributed by atoms with Crippen LogP contribution < -0.4 is 10.6 Å². The van der Waals surface area contributed by atoms with Crippen molar-refractivity contribution in [2.75, 3.05) is 17.2 Å². The standard InChI is InChI=1S/C16H19N3O2/c1-4-17-13-6-5-7-14(16(13)19(20)21)18-15-10-11(2)8-9-12(15)3/h5-10,17-18H,4H2,1-3H3. The van der Waals surface area contributed by atoms with E-state index in [2.05, 4.69) is 10.6 Å². The number of para-hydroxylation sites is 1. The smallest absolute Gasteiger partial charge is 0.315 e. The molecule has 0 saturated heterocycles. The van der Waals surface area contributed by atoms with Gasteiger partial charge in [0.15, 0.2) is 0 Å². The Balaban J connectivity index is 2.46. The van der Waals surface area contributed by atoms with Crippen molar-refractivity contribution in [2.45, 2.75) is 20.8 Å². The number of anilines is 3. The Morgan fingerprint density at radius 3 is 2.48 bits per heavy atom. The highest BCUT2D eigenvalue weighted by Gasteiger charge is 2.19. The Morgan fingerprint density at radius 2 is 1.81 bits per heavy atom. The molecule has 0 fully saturated rings. The van der Waals surface area contributed by atoms with Crippen molar-refractivity contribution in [3.05, 3.63) is 57.6 Å². The van der Waals surface area contributed by atoms with Crippen LogP contribution in [0.15, 0.2) is 36.4 Å². The molecule has 0 aliphatic rings. The van der Waals surface area contributed by atoms with Gasteiger partial charge in [-0.15, -0.1) is 0 Å². The first-order valence-corrected chi connectivity index (χ1v) is 6.88. The molecule has 0 aliphatic carbocycles. The average Bonchev–Trinajstić information content (AvgIpc) is 2.43. The van der Waals surface area contributed by atoms with Gasteiger partial charge in [-0.05, 0) is 50.1 Å². The fourth-order valence-corrected chi connectivity index (χ4v) is 2.19. The number of nitro benzene ring substituents is 1. The van der Waals surface area contributed by atoms with Crippen molar-refractivity contribution < 1.29 is 4.92 Å². The highest BCUT2D eigenvalue weighted by Crippen LogP contribution is 2.35. The maximum absolute atomic E-state index is 11.4. The van der Waals surface area contributed by atoms with Crippen LogP contribution in [0.4, 0.5) is 22.7 Å². The van der Waals surface area contributed by atoms with Gasteiger partial charge in [-0.2, -0.15) is 0 Å². The lowest BCUT2D eigenvalue weighted by molar-refractivity contribution is -0.383. The quantitative estimate of drug-likeness (QED) is 0.631. The van der Waals surface area contributed by atoms with E-state index >= 15 is 0 Å². The van der Waals surface area contributed by atoms with E-state index in [1.54, 1.807) is 18.2 Å². The third-order valence-corrected chi connectivity index (χ3v) is 3.25. The van der Waals surface area contributed by atoms with E-state index in [1.807, 2.05) is 39.0 Å². The van der Waals surface area contributed by atoms with Gasteiger partial charge >= 0.3 is 5.69 Å². The molecule has 0 heterocycles. The third kappa shape index (κ3) is 3.31. The molecular weight excluding hydrogens is 266 g/mol. The topological polar surface area (TPSA) is 67.2 Å². The molecule has 2 N–H and O–H groups in total. The molecule has 0 aliphatic heterocycles. The van der Waals surface area contributed by atoms with Crippen molar-refractivity contribution in [3.8, 4) is 0 Å². The van der Waals surface area contributed by atoms with Gasteiger partial charge in [0.2, 0.25) is 0 Å². The molecule has 2 rings (SSSR count). The van der Waals surface area contributed by atoms with Gasteiger partial charge in [-0.3, -0.25) is 10.1 Å². The number of benzene rings is 2. The Morgan fingerprint density at radius 1 is 1.10 bits per heavy atom. The van der Waals surface area contributed by atoms with Gasteiger partial charge < -0.3 is 10.6 Å². The predicted molar refractivity (Wildman–Crippen MR) is 86.5 cm³/mol. The number of hydrogen-bond donors (Lipinski definition) is 2. The maximum Gasteiger partial charge on any atom is 0.315 e. The van der Waals surface area contributed by atoms with Crippen molar-refractivity contribution in [3.63, 3.8) is 0 Å². The number of nitrogens with one attached hydrogen (secondary N) is 2. The lowest BCUT2D eigenvalue weighted by Crippen LogP contribution is -2.04. The zero-order valence-corrected chi connectivity index (χ0v) is 12.4. The van der Waals surface area contributed by atoms with Crippen LogP contribution in [0, 0.1) is 24.0 Å². The van der Waals surface area contributed by atoms with Gasteiger partial charge in [-0.1, -0.05) is 18.2 Å². The minimum Gasteiger partial charge on any atom is -0.380 e. The highest BCUT2D eigenvalue weighted by atomic mass is 16.6. The molecule has 5 heteroatoms. The molecule has 5 nitrogen and oxygen atoms in total. The van der Waals surface area contributed by atoms with Crippen molar-refractivity contribution >= 4 is 22.7 Å². The Kier molecular flexibility index (Phi) is 4.42. The van der Waals surface area contributed by atoms with Gasteiger partial charge in [0, 0.05) is 12.2 Å². The SMILES string of the molecule is CCNc1cccc(Nc2cc(C)ccc2C)c1[N+](=O)[O-]. The normalized spacial score (nSPS) is 10.2. The lowest BCUT2D eigenvalue weighted by atomic mass is 10.1. The molecule has 2 aromatic rings. The van der Waals surface area contributed by atoms with E-state index in [9.17, 15) is 10.1 Å². The van der Waals surface area contributed by atoms with Crippen LogP contribution >= 0.6 is 0 Å². The molecular formula is C16H19N3O2. The number of rotatable bonds is 5. The van der Waals surface area contributed by atoms with Gasteiger partial charge in [-0.25, -0.2) is 0 Å². The monoisotopic (exact) mass is 285 g/mol. The molecule has 0 saturated carbocycles. The first kappa shape index (κ1) is 14.8. The van der Waals surface area contributed by atoms with Gasteiger partial charge in [0.1, 0.15) is 11.4 Å². The summed E-state index contributed by atoms with van der Waals surface area (Å²) in [7, 11) is 0. The average molecular weight is 285 g/mol. The zero-order chi connectivity index (χ0) is 15.4. The Bertz CT molecular complexity index is 669. The maximum atomic E-state index is 11.4. The molecule has 0 unspecified atom stereocenters. The van der Waals surface area contributed by atoms with E-state index in [4.69, 9.17) is 0 Å². The van der Waals surface area contributed by atoms with Crippen LogP contribution in [0.3, 0.4) is 0 Å². The van der Waals surface area contributed by atoms with Crippen LogP contribution in [-0.2, 0) is 0 Å². The number of nitrogens with zero attached hydrogens (tertiary/aromatic N) is 1. The molecule has 0 radical (unpaired) electrons. The summed E-state index contributed by atoms with van der Waals surface area (Å²) < 4.78 is 0. The summed E-state index contributed by atoms with van der Waals surface area (Å²) in [6, 6.07) is 11.2. The first-order chi connectivity index (χ1) is 10.0. The molecule has 0 bridgehead atoms. The van der Waals surface area contributed by atoms with Crippen LogP contribution in [0.1, 0.15) is 18.1 Å². The van der Waals surface area contributed by atoms with E-state index < -0.39 is 0 Å². The summed E-state index contributed by atoms with van der Waals surface area (Å²) >= 11 is 0.